The number of fused-ring (bicyclic) bond motifs is 1. The number of carbonyl (C=O) groups is 1. The summed E-state index contributed by atoms with van der Waals surface area (Å²) in [6.07, 6.45) is 0.771. The number of hydrogen-bond acceptors (Lipinski definition) is 8. The summed E-state index contributed by atoms with van der Waals surface area (Å²) in [6, 6.07) is 10.3. The molecule has 0 fully saturated rings. The van der Waals surface area contributed by atoms with Crippen LogP contribution in [0.5, 0.6) is 0 Å². The van der Waals surface area contributed by atoms with Gasteiger partial charge in [0.25, 0.3) is 5.91 Å². The molecule has 0 bridgehead atoms. The van der Waals surface area contributed by atoms with Gasteiger partial charge < -0.3 is 14.4 Å². The molecule has 1 aromatic heterocycles. The van der Waals surface area contributed by atoms with Crippen LogP contribution in [0.25, 0.3) is 10.2 Å². The molecule has 0 spiro atoms. The van der Waals surface area contributed by atoms with E-state index < -0.39 is 10.0 Å². The van der Waals surface area contributed by atoms with Gasteiger partial charge >= 0.3 is 0 Å². The monoisotopic (exact) mass is 598 g/mol. The van der Waals surface area contributed by atoms with Gasteiger partial charge in [-0.3, -0.25) is 9.69 Å². The van der Waals surface area contributed by atoms with Gasteiger partial charge in [0.15, 0.2) is 5.13 Å². The maximum atomic E-state index is 13.7. The Morgan fingerprint density at radius 1 is 0.949 bits per heavy atom. The molecule has 0 aliphatic rings. The number of halogens is 1. The lowest BCUT2D eigenvalue weighted by Crippen LogP contribution is -2.36. The maximum absolute atomic E-state index is 13.7. The van der Waals surface area contributed by atoms with E-state index in [1.54, 1.807) is 17.0 Å². The van der Waals surface area contributed by atoms with Gasteiger partial charge in [0, 0.05) is 39.4 Å². The van der Waals surface area contributed by atoms with Gasteiger partial charge in [-0.2, -0.15) is 4.31 Å². The van der Waals surface area contributed by atoms with E-state index >= 15 is 0 Å². The smallest absolute Gasteiger partial charge is 0.260 e. The van der Waals surface area contributed by atoms with E-state index in [0.717, 1.165) is 34.3 Å². The SMILES string of the molecule is COCCN(CCOC)S(=O)(=O)c1ccc(C(=O)N(CCCN(C)C)c2nc3cc(C)cc(C)c3s2)cc1.Cl. The summed E-state index contributed by atoms with van der Waals surface area (Å²) in [6.45, 7) is 6.35. The zero-order valence-electron chi connectivity index (χ0n) is 23.5. The van der Waals surface area contributed by atoms with Gasteiger partial charge in [-0.15, -0.1) is 12.4 Å². The third-order valence-electron chi connectivity index (χ3n) is 6.10. The molecule has 0 saturated heterocycles. The highest BCUT2D eigenvalue weighted by atomic mass is 35.5. The van der Waals surface area contributed by atoms with Crippen molar-refractivity contribution in [2.75, 3.05) is 72.6 Å². The number of sulfonamides is 1. The van der Waals surface area contributed by atoms with Crippen LogP contribution in [0, 0.1) is 13.8 Å². The number of amides is 1. The summed E-state index contributed by atoms with van der Waals surface area (Å²) in [5.41, 5.74) is 3.53. The quantitative estimate of drug-likeness (QED) is 0.274. The van der Waals surface area contributed by atoms with E-state index in [1.807, 2.05) is 27.1 Å². The van der Waals surface area contributed by atoms with Crippen LogP contribution in [-0.2, 0) is 19.5 Å². The summed E-state index contributed by atoms with van der Waals surface area (Å²) >= 11 is 1.50. The molecule has 0 N–H and O–H groups in total. The van der Waals surface area contributed by atoms with Crippen molar-refractivity contribution in [3.05, 3.63) is 53.1 Å². The number of hydrogen-bond donors (Lipinski definition) is 0. The summed E-state index contributed by atoms with van der Waals surface area (Å²) in [7, 11) is 3.27. The molecule has 0 unspecified atom stereocenters. The minimum Gasteiger partial charge on any atom is -0.383 e. The molecular formula is C27H39ClN4O5S2. The normalized spacial score (nSPS) is 11.8. The summed E-state index contributed by atoms with van der Waals surface area (Å²) in [4.78, 5) is 22.4. The lowest BCUT2D eigenvalue weighted by Gasteiger charge is -2.22. The number of rotatable bonds is 14. The topological polar surface area (TPSA) is 92.3 Å². The van der Waals surface area contributed by atoms with Gasteiger partial charge in [0.1, 0.15) is 0 Å². The minimum atomic E-state index is -3.78. The summed E-state index contributed by atoms with van der Waals surface area (Å²) in [5.74, 6) is -0.211. The molecule has 0 aliphatic carbocycles. The van der Waals surface area contributed by atoms with E-state index in [2.05, 4.69) is 17.9 Å². The fraction of sp³-hybridized carbons (Fsp3) is 0.481. The van der Waals surface area contributed by atoms with Crippen LogP contribution >= 0.6 is 23.7 Å². The number of anilines is 1. The number of ether oxygens (including phenoxy) is 2. The number of thiazole rings is 1. The predicted octanol–water partition coefficient (Wildman–Crippen LogP) is 4.22. The lowest BCUT2D eigenvalue weighted by atomic mass is 10.1. The van der Waals surface area contributed by atoms with Gasteiger partial charge in [0.2, 0.25) is 10.0 Å². The Bertz CT molecular complexity index is 1320. The first-order valence-electron chi connectivity index (χ1n) is 12.5. The first kappa shape index (κ1) is 33.1. The Hall–Kier alpha value is -2.12. The maximum Gasteiger partial charge on any atom is 0.260 e. The van der Waals surface area contributed by atoms with Gasteiger partial charge in [0.05, 0.1) is 28.3 Å². The molecule has 39 heavy (non-hydrogen) atoms. The average molecular weight is 599 g/mol. The number of aryl methyl sites for hydroxylation is 2. The van der Waals surface area contributed by atoms with Crippen LogP contribution in [-0.4, -0.2) is 96.2 Å². The second-order valence-electron chi connectivity index (χ2n) is 9.45. The molecule has 216 valence electrons. The standard InChI is InChI=1S/C27H38N4O5S2.ClH/c1-20-18-21(2)25-24(19-20)28-27(37-25)31(13-7-12-29(3)4)26(32)22-8-10-23(11-9-22)38(33,34)30(14-16-35-5)15-17-36-6;/h8-11,18-19H,7,12-17H2,1-6H3;1H. The van der Waals surface area contributed by atoms with Crippen LogP contribution in [0.2, 0.25) is 0 Å². The summed E-state index contributed by atoms with van der Waals surface area (Å²) in [5, 5.41) is 0.638. The second kappa shape index (κ2) is 15.0. The molecule has 3 rings (SSSR count). The van der Waals surface area contributed by atoms with Crippen molar-refractivity contribution >= 4 is 55.0 Å². The number of aromatic nitrogens is 1. The number of benzene rings is 2. The Labute approximate surface area is 242 Å². The van der Waals surface area contributed by atoms with E-state index in [9.17, 15) is 13.2 Å². The zero-order valence-corrected chi connectivity index (χ0v) is 25.9. The second-order valence-corrected chi connectivity index (χ2v) is 12.4. The van der Waals surface area contributed by atoms with Gasteiger partial charge in [-0.25, -0.2) is 13.4 Å². The third-order valence-corrected chi connectivity index (χ3v) is 9.24. The molecule has 1 heterocycles. The Morgan fingerprint density at radius 2 is 1.56 bits per heavy atom. The average Bonchev–Trinajstić information content (AvgIpc) is 3.30. The third kappa shape index (κ3) is 8.43. The number of carbonyl (C=O) groups excluding carboxylic acids is 1. The molecule has 12 heteroatoms. The van der Waals surface area contributed by atoms with Crippen LogP contribution in [0.1, 0.15) is 27.9 Å². The number of nitrogens with zero attached hydrogens (tertiary/aromatic N) is 4. The molecule has 0 atom stereocenters. The van der Waals surface area contributed by atoms with E-state index in [0.29, 0.717) is 17.2 Å². The first-order valence-corrected chi connectivity index (χ1v) is 14.8. The van der Waals surface area contributed by atoms with Crippen molar-refractivity contribution in [2.45, 2.75) is 25.2 Å². The van der Waals surface area contributed by atoms with Crippen LogP contribution in [0.3, 0.4) is 0 Å². The number of methoxy groups -OCH3 is 2. The molecule has 1 amide bonds. The minimum absolute atomic E-state index is 0. The van der Waals surface area contributed by atoms with Crippen molar-refractivity contribution in [3.8, 4) is 0 Å². The highest BCUT2D eigenvalue weighted by molar-refractivity contribution is 7.89. The molecule has 2 aromatic carbocycles. The fourth-order valence-electron chi connectivity index (χ4n) is 4.12. The van der Waals surface area contributed by atoms with E-state index in [-0.39, 0.29) is 49.5 Å². The van der Waals surface area contributed by atoms with Crippen LogP contribution in [0.4, 0.5) is 5.13 Å². The van der Waals surface area contributed by atoms with Crippen molar-refractivity contribution < 1.29 is 22.7 Å². The molecule has 3 aromatic rings. The van der Waals surface area contributed by atoms with Crippen molar-refractivity contribution in [2.24, 2.45) is 0 Å². The molecule has 0 radical (unpaired) electrons. The van der Waals surface area contributed by atoms with Crippen molar-refractivity contribution in [3.63, 3.8) is 0 Å². The summed E-state index contributed by atoms with van der Waals surface area (Å²) < 4.78 is 39.1. The molecule has 9 nitrogen and oxygen atoms in total. The fourth-order valence-corrected chi connectivity index (χ4v) is 6.57. The van der Waals surface area contributed by atoms with Crippen molar-refractivity contribution in [1.82, 2.24) is 14.2 Å². The van der Waals surface area contributed by atoms with Crippen LogP contribution < -0.4 is 4.90 Å². The molecular weight excluding hydrogens is 560 g/mol. The Kier molecular flexibility index (Phi) is 12.8. The highest BCUT2D eigenvalue weighted by Crippen LogP contribution is 2.33. The zero-order chi connectivity index (χ0) is 27.9. The van der Waals surface area contributed by atoms with E-state index in [1.165, 1.54) is 42.0 Å². The highest BCUT2D eigenvalue weighted by Gasteiger charge is 2.26. The first-order chi connectivity index (χ1) is 18.1. The Morgan fingerprint density at radius 3 is 2.13 bits per heavy atom. The van der Waals surface area contributed by atoms with Crippen molar-refractivity contribution in [1.29, 1.82) is 0 Å². The van der Waals surface area contributed by atoms with Gasteiger partial charge in [-0.05, 0) is 82.4 Å². The van der Waals surface area contributed by atoms with E-state index in [4.69, 9.17) is 14.5 Å². The van der Waals surface area contributed by atoms with Crippen LogP contribution in [0.15, 0.2) is 41.3 Å². The predicted molar refractivity (Wildman–Crippen MR) is 160 cm³/mol. The lowest BCUT2D eigenvalue weighted by molar-refractivity contribution is 0.0986. The largest absolute Gasteiger partial charge is 0.383 e. The Balaban J connectivity index is 0.00000533. The molecule has 0 aliphatic heterocycles. The van der Waals surface area contributed by atoms with Gasteiger partial charge in [-0.1, -0.05) is 17.4 Å². The molecule has 0 saturated carbocycles.